The maximum absolute atomic E-state index is 11.9. The first kappa shape index (κ1) is 15.0. The lowest BCUT2D eigenvalue weighted by Crippen LogP contribution is -2.24. The lowest BCUT2D eigenvalue weighted by molar-refractivity contribution is -0.304. The number of carboxylic acid groups (broad SMARTS) is 1. The number of carbonyl (C=O) groups is 2. The van der Waals surface area contributed by atoms with Crippen molar-refractivity contribution < 1.29 is 24.2 Å². The molecule has 0 amide bonds. The summed E-state index contributed by atoms with van der Waals surface area (Å²) in [7, 11) is 1.54. The van der Waals surface area contributed by atoms with Gasteiger partial charge in [0.25, 0.3) is 0 Å². The average molecular weight is 306 g/mol. The number of carboxylic acids is 1. The minimum Gasteiger partial charge on any atom is -0.550 e. The minimum absolute atomic E-state index is 0.175. The number of methoxy groups -OCH3 is 1. The largest absolute Gasteiger partial charge is 0.550 e. The zero-order valence-electron chi connectivity index (χ0n) is 11.2. The molecule has 0 saturated carbocycles. The molecule has 0 spiro atoms. The van der Waals surface area contributed by atoms with E-state index in [1.165, 1.54) is 5.38 Å². The SMILES string of the molecule is COc1cccc(OCC(=O)c2nc(CC(=O)[O-])cs2)c1. The molecule has 7 heteroatoms. The van der Waals surface area contributed by atoms with E-state index in [9.17, 15) is 14.7 Å². The van der Waals surface area contributed by atoms with Gasteiger partial charge in [-0.15, -0.1) is 11.3 Å². The monoisotopic (exact) mass is 306 g/mol. The van der Waals surface area contributed by atoms with Crippen molar-refractivity contribution in [3.63, 3.8) is 0 Å². The van der Waals surface area contributed by atoms with Crippen LogP contribution in [0.5, 0.6) is 11.5 Å². The lowest BCUT2D eigenvalue weighted by Gasteiger charge is -2.06. The van der Waals surface area contributed by atoms with E-state index in [1.807, 2.05) is 0 Å². The van der Waals surface area contributed by atoms with E-state index in [-0.39, 0.29) is 23.8 Å². The van der Waals surface area contributed by atoms with Gasteiger partial charge in [-0.05, 0) is 12.1 Å². The zero-order valence-corrected chi connectivity index (χ0v) is 12.0. The van der Waals surface area contributed by atoms with Crippen molar-refractivity contribution in [1.82, 2.24) is 4.98 Å². The van der Waals surface area contributed by atoms with Crippen LogP contribution < -0.4 is 14.6 Å². The highest BCUT2D eigenvalue weighted by Crippen LogP contribution is 2.19. The summed E-state index contributed by atoms with van der Waals surface area (Å²) in [5, 5.41) is 12.2. The average Bonchev–Trinajstić information content (AvgIpc) is 2.92. The summed E-state index contributed by atoms with van der Waals surface area (Å²) in [5.41, 5.74) is 0.310. The second-order valence-electron chi connectivity index (χ2n) is 4.08. The molecule has 0 aliphatic heterocycles. The van der Waals surface area contributed by atoms with Crippen molar-refractivity contribution in [2.75, 3.05) is 13.7 Å². The van der Waals surface area contributed by atoms with Crippen LogP contribution in [-0.2, 0) is 11.2 Å². The Bertz CT molecular complexity index is 652. The summed E-state index contributed by atoms with van der Waals surface area (Å²) in [5.74, 6) is -0.404. The van der Waals surface area contributed by atoms with Crippen LogP contribution in [0.2, 0.25) is 0 Å². The van der Waals surface area contributed by atoms with Gasteiger partial charge in [-0.2, -0.15) is 0 Å². The first-order chi connectivity index (χ1) is 10.1. The van der Waals surface area contributed by atoms with Gasteiger partial charge < -0.3 is 19.4 Å². The van der Waals surface area contributed by atoms with Crippen LogP contribution in [0.1, 0.15) is 15.5 Å². The number of hydrogen-bond donors (Lipinski definition) is 0. The summed E-state index contributed by atoms with van der Waals surface area (Å²) >= 11 is 1.09. The van der Waals surface area contributed by atoms with Crippen LogP contribution in [0.4, 0.5) is 0 Å². The molecule has 0 unspecified atom stereocenters. The molecule has 1 aromatic heterocycles. The third kappa shape index (κ3) is 4.28. The highest BCUT2D eigenvalue weighted by Gasteiger charge is 2.12. The van der Waals surface area contributed by atoms with Gasteiger partial charge in [0.05, 0.1) is 12.8 Å². The normalized spacial score (nSPS) is 10.1. The predicted molar refractivity (Wildman–Crippen MR) is 73.6 cm³/mol. The first-order valence-corrected chi connectivity index (χ1v) is 6.90. The quantitative estimate of drug-likeness (QED) is 0.700. The van der Waals surface area contributed by atoms with Crippen LogP contribution in [0.15, 0.2) is 29.6 Å². The predicted octanol–water partition coefficient (Wildman–Crippen LogP) is 0.706. The number of aliphatic carboxylic acids is 1. The van der Waals surface area contributed by atoms with E-state index in [4.69, 9.17) is 9.47 Å². The van der Waals surface area contributed by atoms with Crippen LogP contribution in [0, 0.1) is 0 Å². The Balaban J connectivity index is 1.94. The molecule has 0 saturated heterocycles. The number of ketones is 1. The number of nitrogens with zero attached hydrogens (tertiary/aromatic N) is 1. The summed E-state index contributed by atoms with van der Waals surface area (Å²) in [6.07, 6.45) is -0.305. The molecule has 6 nitrogen and oxygen atoms in total. The summed E-state index contributed by atoms with van der Waals surface area (Å²) in [6, 6.07) is 6.89. The molecule has 0 N–H and O–H groups in total. The lowest BCUT2D eigenvalue weighted by atomic mass is 10.3. The van der Waals surface area contributed by atoms with E-state index in [2.05, 4.69) is 4.98 Å². The summed E-state index contributed by atoms with van der Waals surface area (Å²) < 4.78 is 10.4. The highest BCUT2D eigenvalue weighted by atomic mass is 32.1. The Hall–Kier alpha value is -2.41. The van der Waals surface area contributed by atoms with Crippen molar-refractivity contribution in [3.8, 4) is 11.5 Å². The third-order valence-corrected chi connectivity index (χ3v) is 3.46. The van der Waals surface area contributed by atoms with Crippen molar-refractivity contribution in [3.05, 3.63) is 40.3 Å². The smallest absolute Gasteiger partial charge is 0.228 e. The van der Waals surface area contributed by atoms with Crippen molar-refractivity contribution in [2.45, 2.75) is 6.42 Å². The molecule has 2 rings (SSSR count). The van der Waals surface area contributed by atoms with Gasteiger partial charge in [-0.25, -0.2) is 4.98 Å². The second-order valence-corrected chi connectivity index (χ2v) is 4.94. The number of carbonyl (C=O) groups excluding carboxylic acids is 2. The van der Waals surface area contributed by atoms with E-state index < -0.39 is 5.97 Å². The molecule has 1 heterocycles. The van der Waals surface area contributed by atoms with Gasteiger partial charge in [0.2, 0.25) is 5.78 Å². The molecule has 21 heavy (non-hydrogen) atoms. The van der Waals surface area contributed by atoms with Gasteiger partial charge in [-0.1, -0.05) is 6.07 Å². The summed E-state index contributed by atoms with van der Waals surface area (Å²) in [4.78, 5) is 26.3. The van der Waals surface area contributed by atoms with E-state index in [0.717, 1.165) is 11.3 Å². The Morgan fingerprint density at radius 1 is 1.33 bits per heavy atom. The molecular formula is C14H12NO5S-. The van der Waals surface area contributed by atoms with E-state index in [1.54, 1.807) is 31.4 Å². The van der Waals surface area contributed by atoms with Crippen molar-refractivity contribution in [1.29, 1.82) is 0 Å². The Morgan fingerprint density at radius 2 is 2.10 bits per heavy atom. The number of rotatable bonds is 7. The molecule has 0 radical (unpaired) electrons. The van der Waals surface area contributed by atoms with Gasteiger partial charge in [0, 0.05) is 23.8 Å². The van der Waals surface area contributed by atoms with Crippen LogP contribution in [0.25, 0.3) is 0 Å². The molecule has 0 aliphatic rings. The number of aromatic nitrogens is 1. The van der Waals surface area contributed by atoms with Crippen LogP contribution in [0.3, 0.4) is 0 Å². The van der Waals surface area contributed by atoms with Gasteiger partial charge in [-0.3, -0.25) is 4.79 Å². The highest BCUT2D eigenvalue weighted by molar-refractivity contribution is 7.11. The maximum Gasteiger partial charge on any atom is 0.228 e. The number of Topliss-reactive ketones (excluding diaryl/α,β-unsaturated/α-hetero) is 1. The zero-order chi connectivity index (χ0) is 15.2. The standard InChI is InChI=1S/C14H13NO5S/c1-19-10-3-2-4-11(6-10)20-7-12(16)14-15-9(8-21-14)5-13(17)18/h2-4,6,8H,5,7H2,1H3,(H,17,18)/p-1. The maximum atomic E-state index is 11.9. The van der Waals surface area contributed by atoms with E-state index >= 15 is 0 Å². The van der Waals surface area contributed by atoms with Gasteiger partial charge >= 0.3 is 0 Å². The molecule has 1 aromatic carbocycles. The number of thiazole rings is 1. The Labute approximate surface area is 125 Å². The topological polar surface area (TPSA) is 88.6 Å². The van der Waals surface area contributed by atoms with Gasteiger partial charge in [0.1, 0.15) is 11.5 Å². The third-order valence-electron chi connectivity index (χ3n) is 2.53. The fraction of sp³-hybridized carbons (Fsp3) is 0.214. The molecular weight excluding hydrogens is 294 g/mol. The number of benzene rings is 1. The molecule has 0 fully saturated rings. The van der Waals surface area contributed by atoms with Crippen LogP contribution in [-0.4, -0.2) is 30.5 Å². The second kappa shape index (κ2) is 6.85. The van der Waals surface area contributed by atoms with E-state index in [0.29, 0.717) is 17.2 Å². The Kier molecular flexibility index (Phi) is 4.89. The molecule has 110 valence electrons. The minimum atomic E-state index is -1.23. The fourth-order valence-corrected chi connectivity index (χ4v) is 2.31. The first-order valence-electron chi connectivity index (χ1n) is 6.03. The van der Waals surface area contributed by atoms with Crippen molar-refractivity contribution >= 4 is 23.1 Å². The molecule has 0 aliphatic carbocycles. The fourth-order valence-electron chi connectivity index (χ4n) is 1.57. The van der Waals surface area contributed by atoms with Crippen LogP contribution >= 0.6 is 11.3 Å². The molecule has 0 atom stereocenters. The Morgan fingerprint density at radius 3 is 2.81 bits per heavy atom. The molecule has 0 bridgehead atoms. The molecule has 2 aromatic rings. The van der Waals surface area contributed by atoms with Crippen molar-refractivity contribution in [2.24, 2.45) is 0 Å². The number of hydrogen-bond acceptors (Lipinski definition) is 7. The number of ether oxygens (including phenoxy) is 2. The van der Waals surface area contributed by atoms with Gasteiger partial charge in [0.15, 0.2) is 11.6 Å². The summed E-state index contributed by atoms with van der Waals surface area (Å²) in [6.45, 7) is -0.175.